The lowest BCUT2D eigenvalue weighted by atomic mass is 9.88. The Morgan fingerprint density at radius 2 is 0.600 bits per heavy atom. The van der Waals surface area contributed by atoms with Crippen LogP contribution in [0.5, 0.6) is 0 Å². The van der Waals surface area contributed by atoms with Crippen molar-refractivity contribution in [1.29, 1.82) is 0 Å². The summed E-state index contributed by atoms with van der Waals surface area (Å²) in [7, 11) is 0. The van der Waals surface area contributed by atoms with Gasteiger partial charge in [0.05, 0.1) is 18.1 Å². The smallest absolute Gasteiger partial charge is 0.414 e. The van der Waals surface area contributed by atoms with E-state index in [1.54, 1.807) is 0 Å². The van der Waals surface area contributed by atoms with Crippen LogP contribution in [-0.2, 0) is 18.9 Å². The van der Waals surface area contributed by atoms with Crippen LogP contribution < -0.4 is 0 Å². The molecule has 0 saturated heterocycles. The minimum atomic E-state index is -4.26. The summed E-state index contributed by atoms with van der Waals surface area (Å²) in [5.74, 6) is 3.93. The van der Waals surface area contributed by atoms with Gasteiger partial charge in [-0.15, -0.1) is 0 Å². The summed E-state index contributed by atoms with van der Waals surface area (Å²) in [5.41, 5.74) is 0.236. The first-order chi connectivity index (χ1) is 38.6. The van der Waals surface area contributed by atoms with Gasteiger partial charge >= 0.3 is 6.18 Å². The highest BCUT2D eigenvalue weighted by Gasteiger charge is 2.43. The fourth-order valence-corrected chi connectivity index (χ4v) is 10.4. The Morgan fingerprint density at radius 3 is 0.838 bits per heavy atom. The third-order valence-corrected chi connectivity index (χ3v) is 16.1. The summed E-state index contributed by atoms with van der Waals surface area (Å²) in [6.07, 6.45) is 53.2. The molecule has 0 spiro atoms. The summed E-state index contributed by atoms with van der Waals surface area (Å²) in [4.78, 5) is 17.5. The Hall–Kier alpha value is -2.33. The molecular formula is C69H131F3N4O4. The average molecular weight is 1140 g/mol. The molecule has 0 aliphatic carbocycles. The van der Waals surface area contributed by atoms with Crippen LogP contribution in [0.3, 0.4) is 0 Å². The van der Waals surface area contributed by atoms with E-state index in [0.29, 0.717) is 30.5 Å². The van der Waals surface area contributed by atoms with E-state index >= 15 is 0 Å². The normalized spacial score (nSPS) is 18.6. The van der Waals surface area contributed by atoms with Gasteiger partial charge in [-0.25, -0.2) is 20.0 Å². The monoisotopic (exact) mass is 1140 g/mol. The van der Waals surface area contributed by atoms with E-state index in [1.807, 2.05) is 0 Å². The molecule has 0 bridgehead atoms. The number of rotatable bonds is 45. The number of halogens is 3. The minimum Gasteiger partial charge on any atom is -0.479 e. The van der Waals surface area contributed by atoms with Crippen LogP contribution in [0.15, 0.2) is 20.0 Å². The third kappa shape index (κ3) is 44.2. The van der Waals surface area contributed by atoms with E-state index in [9.17, 15) is 13.2 Å². The Morgan fingerprint density at radius 1 is 0.350 bits per heavy atom. The van der Waals surface area contributed by atoms with Crippen LogP contribution in [0.4, 0.5) is 13.2 Å². The van der Waals surface area contributed by atoms with Crippen molar-refractivity contribution < 1.29 is 32.1 Å². The Bertz CT molecular complexity index is 1470. The molecule has 4 aliphatic rings. The molecule has 0 aromatic carbocycles. The summed E-state index contributed by atoms with van der Waals surface area (Å²) < 4.78 is 59.0. The average Bonchev–Trinajstić information content (AvgIpc) is 4.28. The van der Waals surface area contributed by atoms with Crippen molar-refractivity contribution in [2.75, 3.05) is 26.4 Å². The van der Waals surface area contributed by atoms with Gasteiger partial charge in [-0.05, 0) is 43.9 Å². The molecule has 472 valence electrons. The summed E-state index contributed by atoms with van der Waals surface area (Å²) in [6, 6.07) is -0.484. The zero-order valence-electron chi connectivity index (χ0n) is 54.4. The number of aliphatic imine (C=N–C) groups is 4. The predicted octanol–water partition coefficient (Wildman–Crippen LogP) is 22.7. The first-order valence-corrected chi connectivity index (χ1v) is 34.5. The fourth-order valence-electron chi connectivity index (χ4n) is 10.4. The molecular weight excluding hydrogens is 1010 g/mol. The lowest BCUT2D eigenvalue weighted by molar-refractivity contribution is -0.149. The molecule has 4 aliphatic heterocycles. The molecule has 0 saturated carbocycles. The highest BCUT2D eigenvalue weighted by molar-refractivity contribution is 5.79. The number of nitrogens with zero attached hydrogens (tertiary/aromatic N) is 4. The molecule has 4 atom stereocenters. The van der Waals surface area contributed by atoms with Crippen molar-refractivity contribution in [3.8, 4) is 0 Å². The minimum absolute atomic E-state index is 0.236. The predicted molar refractivity (Wildman–Crippen MR) is 341 cm³/mol. The van der Waals surface area contributed by atoms with E-state index in [-0.39, 0.29) is 17.9 Å². The van der Waals surface area contributed by atoms with Crippen LogP contribution in [0.25, 0.3) is 0 Å². The van der Waals surface area contributed by atoms with Gasteiger partial charge in [0, 0.05) is 25.7 Å². The molecule has 0 amide bonds. The molecule has 80 heavy (non-hydrogen) atoms. The van der Waals surface area contributed by atoms with Crippen molar-refractivity contribution in [2.24, 2.45) is 31.3 Å². The lowest BCUT2D eigenvalue weighted by Gasteiger charge is -2.21. The highest BCUT2D eigenvalue weighted by Crippen LogP contribution is 2.29. The van der Waals surface area contributed by atoms with Crippen LogP contribution in [-0.4, -0.2) is 80.4 Å². The zero-order valence-corrected chi connectivity index (χ0v) is 54.4. The Kier molecular flexibility index (Phi) is 48.4. The molecule has 0 N–H and O–H groups in total. The topological polar surface area (TPSA) is 86.4 Å². The standard InChI is InChI=1S/C19H37NO.C18H35NO.C16H28F3NO.C16H31NO/c1-5-6-7-8-9-10-11-12-13-14-15-18-20-17(16-21-18)19(2,3)4;1-4-5-6-7-8-9-10-11-12-13-14-18-19-17(15-20-18)16(2)3;1-2-3-4-5-6-7-8-9-10-11-12-15-20-14(13-21-15)16(17,18)19;1-3-4-5-6-7-8-9-10-11-12-13-16-17-15(2)14-18-16/h17H,5-16H2,1-4H3;16-17H,4-15H2,1-3H3;14H,2-13H2,1H3;15H,3-14H2,1-2H3. The van der Waals surface area contributed by atoms with Crippen molar-refractivity contribution in [2.45, 2.75) is 382 Å². The fraction of sp³-hybridized carbons (Fsp3) is 0.942. The number of ether oxygens (including phenoxy) is 4. The summed E-state index contributed by atoms with van der Waals surface area (Å²) in [5, 5.41) is 0. The second kappa shape index (κ2) is 51.1. The molecule has 4 rings (SSSR count). The molecule has 0 aromatic rings. The lowest BCUT2D eigenvalue weighted by Crippen LogP contribution is -2.27. The number of hydrogen-bond acceptors (Lipinski definition) is 8. The number of unbranched alkanes of at least 4 members (excludes halogenated alkanes) is 36. The number of hydrogen-bond donors (Lipinski definition) is 0. The molecule has 0 radical (unpaired) electrons. The van der Waals surface area contributed by atoms with Crippen molar-refractivity contribution in [3.05, 3.63) is 0 Å². The second-order valence-electron chi connectivity index (χ2n) is 25.7. The molecule has 4 heterocycles. The third-order valence-electron chi connectivity index (χ3n) is 16.1. The summed E-state index contributed by atoms with van der Waals surface area (Å²) in [6.45, 7) is 24.4. The molecule has 8 nitrogen and oxygen atoms in total. The van der Waals surface area contributed by atoms with Crippen molar-refractivity contribution >= 4 is 23.6 Å². The van der Waals surface area contributed by atoms with E-state index in [0.717, 1.165) is 76.0 Å². The van der Waals surface area contributed by atoms with Crippen LogP contribution in [0.1, 0.15) is 352 Å². The highest BCUT2D eigenvalue weighted by atomic mass is 19.4. The zero-order chi connectivity index (χ0) is 58.8. The van der Waals surface area contributed by atoms with Gasteiger partial charge in [-0.1, -0.05) is 293 Å². The van der Waals surface area contributed by atoms with E-state index in [2.05, 4.69) is 84.2 Å². The maximum atomic E-state index is 12.4. The van der Waals surface area contributed by atoms with Crippen LogP contribution in [0.2, 0.25) is 0 Å². The van der Waals surface area contributed by atoms with Gasteiger partial charge in [0.25, 0.3) is 0 Å². The quantitative estimate of drug-likeness (QED) is 0.0569. The van der Waals surface area contributed by atoms with E-state index in [4.69, 9.17) is 23.9 Å². The van der Waals surface area contributed by atoms with E-state index < -0.39 is 12.2 Å². The van der Waals surface area contributed by atoms with E-state index in [1.165, 1.54) is 238 Å². The van der Waals surface area contributed by atoms with Crippen LogP contribution >= 0.6 is 0 Å². The molecule has 0 fully saturated rings. The molecule has 11 heteroatoms. The van der Waals surface area contributed by atoms with Gasteiger partial charge < -0.3 is 18.9 Å². The van der Waals surface area contributed by atoms with Crippen LogP contribution in [0, 0.1) is 11.3 Å². The van der Waals surface area contributed by atoms with Gasteiger partial charge in [0.15, 0.2) is 29.6 Å². The second-order valence-corrected chi connectivity index (χ2v) is 25.7. The van der Waals surface area contributed by atoms with Gasteiger partial charge in [-0.2, -0.15) is 13.2 Å². The van der Waals surface area contributed by atoms with Crippen molar-refractivity contribution in [1.82, 2.24) is 0 Å². The maximum absolute atomic E-state index is 12.4. The number of alkyl halides is 3. The Labute approximate surface area is 493 Å². The maximum Gasteiger partial charge on any atom is 0.414 e. The van der Waals surface area contributed by atoms with Gasteiger partial charge in [-0.3, -0.25) is 0 Å². The molecule has 0 aromatic heterocycles. The van der Waals surface area contributed by atoms with Gasteiger partial charge in [0.1, 0.15) is 26.4 Å². The first-order valence-electron chi connectivity index (χ1n) is 34.5. The van der Waals surface area contributed by atoms with Gasteiger partial charge in [0.2, 0.25) is 0 Å². The largest absolute Gasteiger partial charge is 0.479 e. The summed E-state index contributed by atoms with van der Waals surface area (Å²) >= 11 is 0. The Balaban J connectivity index is 0.000000534. The van der Waals surface area contributed by atoms with Crippen molar-refractivity contribution in [3.63, 3.8) is 0 Å². The first kappa shape index (κ1) is 75.7. The SMILES string of the molecule is CCCCCCCCCCCCC1=NC(C(C)(C)C)CO1.CCCCCCCCCCCCC1=NC(C(C)C)CO1.CCCCCCCCCCCCC1=NC(C(F)(F)F)CO1.CCCCCCCCCCCCC1=NC(C)CO1. The molecule has 4 unspecified atom stereocenters.